The lowest BCUT2D eigenvalue weighted by Gasteiger charge is -2.34. The first-order chi connectivity index (χ1) is 17.1. The van der Waals surface area contributed by atoms with Gasteiger partial charge in [0.05, 0.1) is 12.7 Å². The number of methoxy groups -OCH3 is 1. The van der Waals surface area contributed by atoms with Gasteiger partial charge >= 0.3 is 24.3 Å². The van der Waals surface area contributed by atoms with Gasteiger partial charge in [0.25, 0.3) is 0 Å². The number of fused-ring (bicyclic) bond motifs is 1. The number of carbonyl (C=O) groups is 3. The number of alkyl halides is 6. The fourth-order valence-corrected chi connectivity index (χ4v) is 4.05. The van der Waals surface area contributed by atoms with Gasteiger partial charge in [0.2, 0.25) is 5.91 Å². The zero-order valence-corrected chi connectivity index (χ0v) is 20.3. The van der Waals surface area contributed by atoms with Gasteiger partial charge in [-0.1, -0.05) is 0 Å². The highest BCUT2D eigenvalue weighted by Gasteiger charge is 2.42. The van der Waals surface area contributed by atoms with E-state index in [1.165, 1.54) is 32.5 Å². The van der Waals surface area contributed by atoms with Crippen LogP contribution in [0.25, 0.3) is 0 Å². The van der Waals surface area contributed by atoms with E-state index in [-0.39, 0.29) is 18.1 Å². The normalized spacial score (nSPS) is 24.2. The third kappa shape index (κ3) is 12.8. The van der Waals surface area contributed by atoms with Crippen LogP contribution >= 0.6 is 0 Å². The molecule has 16 heteroatoms. The number of hydrogen-bond donors (Lipinski definition) is 3. The van der Waals surface area contributed by atoms with E-state index in [1.807, 2.05) is 0 Å². The average molecular weight is 553 g/mol. The number of nitrogens with zero attached hydrogens (tertiary/aromatic N) is 2. The van der Waals surface area contributed by atoms with E-state index in [9.17, 15) is 31.1 Å². The lowest BCUT2D eigenvalue weighted by atomic mass is 9.91. The fraction of sp³-hybridized carbons (Fsp3) is 0.857. The maximum atomic E-state index is 12.1. The quantitative estimate of drug-likeness (QED) is 0.318. The minimum absolute atomic E-state index is 0.0278. The first kappa shape index (κ1) is 32.9. The molecule has 3 N–H and O–H groups in total. The molecule has 0 bridgehead atoms. The van der Waals surface area contributed by atoms with Crippen molar-refractivity contribution >= 4 is 17.8 Å². The Balaban J connectivity index is 0.000000404. The van der Waals surface area contributed by atoms with Crippen molar-refractivity contribution in [3.8, 4) is 0 Å². The Bertz CT molecular complexity index is 708. The number of aliphatic carboxylic acids is 2. The number of piperidine rings is 1. The third-order valence-electron chi connectivity index (χ3n) is 5.95. The lowest BCUT2D eigenvalue weighted by molar-refractivity contribution is -0.193. The number of ether oxygens (including phenoxy) is 2. The maximum Gasteiger partial charge on any atom is 0.490 e. The van der Waals surface area contributed by atoms with Crippen molar-refractivity contribution in [3.05, 3.63) is 0 Å². The van der Waals surface area contributed by atoms with Gasteiger partial charge in [-0.15, -0.1) is 0 Å². The molecule has 3 heterocycles. The molecule has 0 radical (unpaired) electrons. The zero-order valence-electron chi connectivity index (χ0n) is 20.3. The molecule has 3 fully saturated rings. The summed E-state index contributed by atoms with van der Waals surface area (Å²) < 4.78 is 74.5. The zero-order chi connectivity index (χ0) is 28.2. The molecule has 0 saturated carbocycles. The van der Waals surface area contributed by atoms with E-state index in [2.05, 4.69) is 15.1 Å². The summed E-state index contributed by atoms with van der Waals surface area (Å²) in [4.78, 5) is 35.0. The highest BCUT2D eigenvalue weighted by atomic mass is 19.4. The van der Waals surface area contributed by atoms with Crippen LogP contribution < -0.4 is 5.32 Å². The molecular formula is C21H33F6N3O7. The second kappa shape index (κ2) is 15.3. The number of carboxylic acids is 2. The number of rotatable bonds is 7. The summed E-state index contributed by atoms with van der Waals surface area (Å²) in [6.07, 6.45) is -5.45. The summed E-state index contributed by atoms with van der Waals surface area (Å²) in [7, 11) is 1.64. The van der Waals surface area contributed by atoms with Gasteiger partial charge in [0.1, 0.15) is 6.10 Å². The molecule has 10 nitrogen and oxygen atoms in total. The van der Waals surface area contributed by atoms with Crippen LogP contribution in [0.2, 0.25) is 0 Å². The molecule has 0 aliphatic carbocycles. The standard InChI is InChI=1S/C17H31N3O3.2C2HF3O2/c1-22-11-5-18-17(21)15-12-14-4-8-20(13-16(14)23-15)10-9-19-6-2-3-7-19;2*3-2(4,5)1(6)7/h14-16H,2-13H2,1H3,(H,18,21);2*(H,6,7)/t14-,15-,16+;;/m0../s1. The number of carbonyl (C=O) groups excluding carboxylic acids is 1. The minimum Gasteiger partial charge on any atom is -0.475 e. The van der Waals surface area contributed by atoms with E-state index >= 15 is 0 Å². The SMILES string of the molecule is COCCNC(=O)[C@@H]1C[C@@H]2CCN(CCN3CCCC3)C[C@H]2O1.O=C(O)C(F)(F)F.O=C(O)C(F)(F)F. The van der Waals surface area contributed by atoms with Crippen molar-refractivity contribution in [2.75, 3.05) is 59.5 Å². The van der Waals surface area contributed by atoms with Gasteiger partial charge < -0.3 is 29.9 Å². The van der Waals surface area contributed by atoms with E-state index in [0.29, 0.717) is 19.1 Å². The third-order valence-corrected chi connectivity index (χ3v) is 5.95. The summed E-state index contributed by atoms with van der Waals surface area (Å²) in [5, 5.41) is 17.1. The van der Waals surface area contributed by atoms with Gasteiger partial charge in [-0.3, -0.25) is 9.69 Å². The van der Waals surface area contributed by atoms with Crippen LogP contribution in [0.5, 0.6) is 0 Å². The van der Waals surface area contributed by atoms with Crippen LogP contribution in [-0.2, 0) is 23.9 Å². The van der Waals surface area contributed by atoms with Crippen LogP contribution in [0.4, 0.5) is 26.3 Å². The Hall–Kier alpha value is -2.17. The first-order valence-electron chi connectivity index (χ1n) is 11.6. The highest BCUT2D eigenvalue weighted by Crippen LogP contribution is 2.33. The Morgan fingerprint density at radius 2 is 1.46 bits per heavy atom. The van der Waals surface area contributed by atoms with Gasteiger partial charge in [0, 0.05) is 33.3 Å². The number of amides is 1. The molecule has 1 amide bonds. The van der Waals surface area contributed by atoms with Gasteiger partial charge in [-0.25, -0.2) is 9.59 Å². The number of hydrogen-bond acceptors (Lipinski definition) is 7. The molecule has 3 rings (SSSR count). The number of halogens is 6. The average Bonchev–Trinajstić information content (AvgIpc) is 3.47. The first-order valence-corrected chi connectivity index (χ1v) is 11.6. The highest BCUT2D eigenvalue weighted by molar-refractivity contribution is 5.81. The predicted molar refractivity (Wildman–Crippen MR) is 116 cm³/mol. The van der Waals surface area contributed by atoms with E-state index in [1.54, 1.807) is 7.11 Å². The van der Waals surface area contributed by atoms with Crippen molar-refractivity contribution in [3.63, 3.8) is 0 Å². The molecule has 37 heavy (non-hydrogen) atoms. The largest absolute Gasteiger partial charge is 0.490 e. The number of likely N-dealkylation sites (tertiary alicyclic amines) is 2. The minimum atomic E-state index is -5.08. The molecule has 0 unspecified atom stereocenters. The smallest absolute Gasteiger partial charge is 0.475 e. The molecule has 3 atom stereocenters. The van der Waals surface area contributed by atoms with Gasteiger partial charge in [-0.2, -0.15) is 26.3 Å². The number of nitrogens with one attached hydrogen (secondary N) is 1. The molecule has 0 aromatic heterocycles. The van der Waals surface area contributed by atoms with E-state index in [0.717, 1.165) is 32.5 Å². The van der Waals surface area contributed by atoms with Crippen LogP contribution in [0, 0.1) is 5.92 Å². The van der Waals surface area contributed by atoms with Crippen molar-refractivity contribution in [2.24, 2.45) is 5.92 Å². The molecular weight excluding hydrogens is 520 g/mol. The number of carboxylic acid groups (broad SMARTS) is 2. The molecule has 3 saturated heterocycles. The Morgan fingerprint density at radius 1 is 0.946 bits per heavy atom. The van der Waals surface area contributed by atoms with Crippen molar-refractivity contribution in [1.82, 2.24) is 15.1 Å². The van der Waals surface area contributed by atoms with Crippen LogP contribution in [0.3, 0.4) is 0 Å². The molecule has 0 aromatic rings. The predicted octanol–water partition coefficient (Wildman–Crippen LogP) is 1.59. The van der Waals surface area contributed by atoms with Crippen molar-refractivity contribution in [2.45, 2.75) is 50.2 Å². The van der Waals surface area contributed by atoms with E-state index in [4.69, 9.17) is 29.3 Å². The van der Waals surface area contributed by atoms with Crippen LogP contribution in [-0.4, -0.2) is 122 Å². The molecule has 216 valence electrons. The molecule has 0 aromatic carbocycles. The topological polar surface area (TPSA) is 129 Å². The van der Waals surface area contributed by atoms with Crippen LogP contribution in [0.15, 0.2) is 0 Å². The summed E-state index contributed by atoms with van der Waals surface area (Å²) >= 11 is 0. The van der Waals surface area contributed by atoms with Crippen molar-refractivity contribution < 1.29 is 60.4 Å². The summed E-state index contributed by atoms with van der Waals surface area (Å²) in [6, 6.07) is 0. The van der Waals surface area contributed by atoms with Gasteiger partial charge in [-0.05, 0) is 51.2 Å². The monoisotopic (exact) mass is 553 g/mol. The van der Waals surface area contributed by atoms with Gasteiger partial charge in [0.15, 0.2) is 0 Å². The Morgan fingerprint density at radius 3 is 1.95 bits per heavy atom. The lowest BCUT2D eigenvalue weighted by Crippen LogP contribution is -2.45. The summed E-state index contributed by atoms with van der Waals surface area (Å²) in [5.74, 6) is -4.93. The molecule has 3 aliphatic rings. The van der Waals surface area contributed by atoms with E-state index < -0.39 is 24.3 Å². The Kier molecular flexibility index (Phi) is 13.6. The maximum absolute atomic E-state index is 12.1. The summed E-state index contributed by atoms with van der Waals surface area (Å²) in [5.41, 5.74) is 0. The second-order valence-electron chi connectivity index (χ2n) is 8.69. The molecule has 3 aliphatic heterocycles. The van der Waals surface area contributed by atoms with Crippen LogP contribution in [0.1, 0.15) is 25.7 Å². The Labute approximate surface area is 209 Å². The second-order valence-corrected chi connectivity index (χ2v) is 8.69. The fourth-order valence-electron chi connectivity index (χ4n) is 4.05. The molecule has 0 spiro atoms. The summed E-state index contributed by atoms with van der Waals surface area (Å²) in [6.45, 7) is 8.09. The van der Waals surface area contributed by atoms with Crippen molar-refractivity contribution in [1.29, 1.82) is 0 Å².